The first-order chi connectivity index (χ1) is 14.6. The second kappa shape index (κ2) is 9.22. The molecular weight excluding hydrogens is 428 g/mol. The van der Waals surface area contributed by atoms with Crippen LogP contribution in [0.3, 0.4) is 0 Å². The van der Waals surface area contributed by atoms with E-state index in [1.807, 2.05) is 0 Å². The van der Waals surface area contributed by atoms with Gasteiger partial charge in [0.15, 0.2) is 27.6 Å². The Morgan fingerprint density at radius 1 is 0.867 bits per heavy atom. The summed E-state index contributed by atoms with van der Waals surface area (Å²) in [5, 5.41) is 0.816. The lowest BCUT2D eigenvalue weighted by atomic mass is 10.3. The minimum Gasteiger partial charge on any atom is -0.463 e. The molecule has 0 bridgehead atoms. The quantitative estimate of drug-likeness (QED) is 0.374. The number of nitrogens with two attached hydrogens (primary N) is 2. The highest BCUT2D eigenvalue weighted by molar-refractivity contribution is 7.16. The van der Waals surface area contributed by atoms with Crippen LogP contribution in [0.15, 0.2) is 45.6 Å². The number of ether oxygens (including phenoxy) is 2. The zero-order valence-corrected chi connectivity index (χ0v) is 17.3. The van der Waals surface area contributed by atoms with Crippen LogP contribution in [0.4, 0.5) is 10.3 Å². The number of nitrogen functional groups attached to an aromatic ring is 2. The maximum absolute atomic E-state index is 12.1. The van der Waals surface area contributed by atoms with E-state index in [1.165, 1.54) is 22.7 Å². The monoisotopic (exact) mass is 446 g/mol. The highest BCUT2D eigenvalue weighted by Gasteiger charge is 2.16. The molecule has 0 aromatic carbocycles. The van der Waals surface area contributed by atoms with Gasteiger partial charge in [-0.2, -0.15) is 0 Å². The van der Waals surface area contributed by atoms with Crippen LogP contribution < -0.4 is 11.5 Å². The third-order valence-corrected chi connectivity index (χ3v) is 5.65. The molecule has 0 fully saturated rings. The summed E-state index contributed by atoms with van der Waals surface area (Å²) in [5.74, 6) is 1.02. The molecule has 9 nitrogen and oxygen atoms in total. The largest absolute Gasteiger partial charge is 0.463 e. The number of Topliss-reactive ketones (excluding diaryl/α,β-unsaturated/α-hetero) is 1. The predicted octanol–water partition coefficient (Wildman–Crippen LogP) is 3.59. The van der Waals surface area contributed by atoms with Crippen LogP contribution in [-0.4, -0.2) is 29.0 Å². The minimum atomic E-state index is -0.191. The first kappa shape index (κ1) is 20.3. The Morgan fingerprint density at radius 2 is 1.33 bits per heavy atom. The molecule has 0 saturated heterocycles. The van der Waals surface area contributed by atoms with Crippen molar-refractivity contribution in [1.29, 1.82) is 0 Å². The molecule has 4 heterocycles. The first-order valence-electron chi connectivity index (χ1n) is 8.85. The van der Waals surface area contributed by atoms with Crippen molar-refractivity contribution in [2.45, 2.75) is 13.2 Å². The number of hydrogen-bond acceptors (Lipinski definition) is 11. The number of hydrogen-bond donors (Lipinski definition) is 2. The zero-order chi connectivity index (χ0) is 20.9. The summed E-state index contributed by atoms with van der Waals surface area (Å²) in [6.45, 7) is 0.214. The SMILES string of the molecule is Nc1nc(-c2ccco2)c(COCC(=O)COCc2sc(N)nc2-c2ccco2)s1. The lowest BCUT2D eigenvalue weighted by molar-refractivity contribution is -0.128. The summed E-state index contributed by atoms with van der Waals surface area (Å²) >= 11 is 2.59. The van der Waals surface area contributed by atoms with E-state index in [4.69, 9.17) is 29.8 Å². The van der Waals surface area contributed by atoms with Crippen molar-refractivity contribution in [2.24, 2.45) is 0 Å². The van der Waals surface area contributed by atoms with E-state index in [2.05, 4.69) is 9.97 Å². The van der Waals surface area contributed by atoms with Gasteiger partial charge in [-0.3, -0.25) is 4.79 Å². The summed E-state index contributed by atoms with van der Waals surface area (Å²) in [6, 6.07) is 7.12. The van der Waals surface area contributed by atoms with Gasteiger partial charge < -0.3 is 29.8 Å². The summed E-state index contributed by atoms with van der Waals surface area (Å²) < 4.78 is 21.8. The van der Waals surface area contributed by atoms with Gasteiger partial charge in [-0.15, -0.1) is 0 Å². The minimum absolute atomic E-state index is 0.0920. The van der Waals surface area contributed by atoms with E-state index in [0.717, 1.165) is 9.75 Å². The molecule has 11 heteroatoms. The number of nitrogens with zero attached hydrogens (tertiary/aromatic N) is 2. The van der Waals surface area contributed by atoms with Crippen molar-refractivity contribution in [1.82, 2.24) is 9.97 Å². The number of aromatic nitrogens is 2. The molecule has 0 radical (unpaired) electrons. The van der Waals surface area contributed by atoms with Crippen molar-refractivity contribution in [3.8, 4) is 22.9 Å². The number of thiazole rings is 2. The van der Waals surface area contributed by atoms with E-state index in [1.54, 1.807) is 36.8 Å². The van der Waals surface area contributed by atoms with Crippen molar-refractivity contribution in [2.75, 3.05) is 24.7 Å². The molecule has 4 N–H and O–H groups in total. The highest BCUT2D eigenvalue weighted by Crippen LogP contribution is 2.31. The zero-order valence-electron chi connectivity index (χ0n) is 15.7. The molecule has 0 amide bonds. The molecule has 156 valence electrons. The van der Waals surface area contributed by atoms with Crippen molar-refractivity contribution in [3.63, 3.8) is 0 Å². The van der Waals surface area contributed by atoms with Crippen LogP contribution in [0.1, 0.15) is 9.75 Å². The molecule has 0 aliphatic carbocycles. The van der Waals surface area contributed by atoms with Gasteiger partial charge in [-0.25, -0.2) is 9.97 Å². The predicted molar refractivity (Wildman–Crippen MR) is 113 cm³/mol. The van der Waals surface area contributed by atoms with Crippen molar-refractivity contribution < 1.29 is 23.1 Å². The van der Waals surface area contributed by atoms with Gasteiger partial charge >= 0.3 is 0 Å². The first-order valence-corrected chi connectivity index (χ1v) is 10.5. The molecule has 0 aliphatic rings. The fourth-order valence-corrected chi connectivity index (χ4v) is 4.25. The fourth-order valence-electron chi connectivity index (χ4n) is 2.70. The lowest BCUT2D eigenvalue weighted by Gasteiger charge is -2.05. The Bertz CT molecular complexity index is 1020. The summed E-state index contributed by atoms with van der Waals surface area (Å²) in [5.41, 5.74) is 12.8. The molecule has 4 aromatic rings. The summed E-state index contributed by atoms with van der Waals surface area (Å²) in [7, 11) is 0. The summed E-state index contributed by atoms with van der Waals surface area (Å²) in [4.78, 5) is 22.2. The number of furan rings is 2. The van der Waals surface area contributed by atoms with Crippen LogP contribution in [0, 0.1) is 0 Å². The van der Waals surface area contributed by atoms with Crippen molar-refractivity contribution in [3.05, 3.63) is 46.5 Å². The fraction of sp³-hybridized carbons (Fsp3) is 0.211. The standard InChI is InChI=1S/C19H18N4O5S2/c20-18-22-16(12-3-1-5-27-12)14(29-18)9-25-7-11(24)8-26-10-15-17(23-19(21)30-15)13-4-2-6-28-13/h1-6H,7-10H2,(H2,20,22)(H2,21,23). The third kappa shape index (κ3) is 4.76. The molecule has 30 heavy (non-hydrogen) atoms. The number of carbonyl (C=O) groups excluding carboxylic acids is 1. The van der Waals surface area contributed by atoms with Gasteiger partial charge in [0, 0.05) is 0 Å². The number of rotatable bonds is 10. The van der Waals surface area contributed by atoms with Crippen LogP contribution >= 0.6 is 22.7 Å². The van der Waals surface area contributed by atoms with E-state index in [-0.39, 0.29) is 32.2 Å². The molecule has 0 aliphatic heterocycles. The number of anilines is 2. The third-order valence-electron chi connectivity index (χ3n) is 3.93. The van der Waals surface area contributed by atoms with Crippen LogP contribution in [0.2, 0.25) is 0 Å². The second-order valence-electron chi connectivity index (χ2n) is 6.13. The van der Waals surface area contributed by atoms with Gasteiger partial charge in [0.05, 0.1) is 35.5 Å². The van der Waals surface area contributed by atoms with Gasteiger partial charge in [0.2, 0.25) is 0 Å². The Labute approximate surface area is 179 Å². The van der Waals surface area contributed by atoms with Gasteiger partial charge in [-0.1, -0.05) is 22.7 Å². The second-order valence-corrected chi connectivity index (χ2v) is 8.36. The lowest BCUT2D eigenvalue weighted by Crippen LogP contribution is -2.15. The maximum atomic E-state index is 12.1. The van der Waals surface area contributed by atoms with E-state index in [0.29, 0.717) is 33.2 Å². The van der Waals surface area contributed by atoms with E-state index < -0.39 is 0 Å². The Hall–Kier alpha value is -2.99. The number of carbonyl (C=O) groups is 1. The molecule has 0 saturated carbocycles. The van der Waals surface area contributed by atoms with Gasteiger partial charge in [0.25, 0.3) is 0 Å². The number of ketones is 1. The molecule has 4 rings (SSSR count). The van der Waals surface area contributed by atoms with Crippen LogP contribution in [0.25, 0.3) is 22.9 Å². The van der Waals surface area contributed by atoms with Gasteiger partial charge in [-0.05, 0) is 24.3 Å². The average molecular weight is 447 g/mol. The maximum Gasteiger partial charge on any atom is 0.184 e. The highest BCUT2D eigenvalue weighted by atomic mass is 32.1. The Morgan fingerprint density at radius 3 is 1.73 bits per heavy atom. The van der Waals surface area contributed by atoms with Crippen molar-refractivity contribution >= 4 is 38.7 Å². The van der Waals surface area contributed by atoms with Crippen LogP contribution in [0.5, 0.6) is 0 Å². The topological polar surface area (TPSA) is 140 Å². The molecule has 0 atom stereocenters. The molecule has 0 spiro atoms. The van der Waals surface area contributed by atoms with Gasteiger partial charge in [0.1, 0.15) is 24.6 Å². The van der Waals surface area contributed by atoms with E-state index in [9.17, 15) is 4.79 Å². The smallest absolute Gasteiger partial charge is 0.184 e. The average Bonchev–Trinajstić information content (AvgIpc) is 3.49. The Kier molecular flexibility index (Phi) is 6.23. The Balaban J connectivity index is 1.25. The molecule has 0 unspecified atom stereocenters. The normalized spacial score (nSPS) is 11.2. The molecule has 4 aromatic heterocycles. The van der Waals surface area contributed by atoms with E-state index >= 15 is 0 Å². The summed E-state index contributed by atoms with van der Waals surface area (Å²) in [6.07, 6.45) is 3.12. The molecular formula is C19H18N4O5S2. The van der Waals surface area contributed by atoms with Crippen LogP contribution in [-0.2, 0) is 27.5 Å².